The van der Waals surface area contributed by atoms with Crippen LogP contribution in [0.4, 0.5) is 18.9 Å². The van der Waals surface area contributed by atoms with Crippen molar-refractivity contribution >= 4 is 46.2 Å². The molecule has 0 spiro atoms. The monoisotopic (exact) mass is 531 g/mol. The fraction of sp³-hybridized carbons (Fsp3) is 0.231. The SMILES string of the molecule is Cc1ccc(N2CCN(C3=NC(=O)/C(=C\c4ccc(-c5cccc(C(F)(F)F)c5)o4)S3)CC2)cc1Cl. The summed E-state index contributed by atoms with van der Waals surface area (Å²) in [5.74, 6) is 0.299. The summed E-state index contributed by atoms with van der Waals surface area (Å²) >= 11 is 7.54. The van der Waals surface area contributed by atoms with Crippen LogP contribution in [0, 0.1) is 6.92 Å². The molecular weight excluding hydrogens is 511 g/mol. The highest BCUT2D eigenvalue weighted by Gasteiger charge is 2.31. The molecule has 0 radical (unpaired) electrons. The van der Waals surface area contributed by atoms with Gasteiger partial charge in [0.1, 0.15) is 11.5 Å². The maximum atomic E-state index is 13.0. The van der Waals surface area contributed by atoms with Gasteiger partial charge in [0, 0.05) is 48.5 Å². The van der Waals surface area contributed by atoms with Crippen molar-refractivity contribution in [1.29, 1.82) is 0 Å². The number of amidine groups is 1. The highest BCUT2D eigenvalue weighted by Crippen LogP contribution is 2.35. The van der Waals surface area contributed by atoms with Gasteiger partial charge in [-0.05, 0) is 60.6 Å². The third kappa shape index (κ3) is 5.17. The summed E-state index contributed by atoms with van der Waals surface area (Å²) in [6.45, 7) is 4.92. The molecule has 3 aromatic rings. The molecule has 10 heteroatoms. The van der Waals surface area contributed by atoms with Crippen molar-refractivity contribution in [2.24, 2.45) is 4.99 Å². The molecule has 0 N–H and O–H groups in total. The van der Waals surface area contributed by atoms with E-state index >= 15 is 0 Å². The molecule has 1 aromatic heterocycles. The lowest BCUT2D eigenvalue weighted by Gasteiger charge is -2.36. The largest absolute Gasteiger partial charge is 0.457 e. The lowest BCUT2D eigenvalue weighted by Crippen LogP contribution is -2.47. The van der Waals surface area contributed by atoms with E-state index in [1.54, 1.807) is 24.3 Å². The van der Waals surface area contributed by atoms with Crippen molar-refractivity contribution in [3.05, 3.63) is 81.4 Å². The number of piperazine rings is 1. The predicted molar refractivity (Wildman–Crippen MR) is 137 cm³/mol. The number of nitrogens with zero attached hydrogens (tertiary/aromatic N) is 3. The van der Waals surface area contributed by atoms with Crippen LogP contribution in [0.2, 0.25) is 5.02 Å². The number of carbonyl (C=O) groups is 1. The molecule has 0 saturated carbocycles. The lowest BCUT2D eigenvalue weighted by atomic mass is 10.1. The zero-order valence-corrected chi connectivity index (χ0v) is 20.8. The minimum absolute atomic E-state index is 0.289. The second-order valence-electron chi connectivity index (χ2n) is 8.50. The third-order valence-electron chi connectivity index (χ3n) is 6.05. The van der Waals surface area contributed by atoms with Gasteiger partial charge >= 0.3 is 6.18 Å². The Labute approximate surface area is 215 Å². The van der Waals surface area contributed by atoms with Crippen LogP contribution in [-0.4, -0.2) is 42.2 Å². The van der Waals surface area contributed by atoms with E-state index in [1.807, 2.05) is 19.1 Å². The topological polar surface area (TPSA) is 49.0 Å². The molecule has 0 unspecified atom stereocenters. The Bertz CT molecular complexity index is 1370. The number of furan rings is 1. The number of thioether (sulfide) groups is 1. The Kier molecular flexibility index (Phi) is 6.61. The number of hydrogen-bond acceptors (Lipinski definition) is 5. The van der Waals surface area contributed by atoms with Gasteiger partial charge in [0.25, 0.3) is 5.91 Å². The fourth-order valence-corrected chi connectivity index (χ4v) is 5.15. The number of anilines is 1. The molecule has 2 aromatic carbocycles. The van der Waals surface area contributed by atoms with Crippen molar-refractivity contribution in [2.75, 3.05) is 31.1 Å². The normalized spacial score (nSPS) is 17.8. The Morgan fingerprint density at radius 1 is 1.03 bits per heavy atom. The van der Waals surface area contributed by atoms with Gasteiger partial charge in [-0.2, -0.15) is 18.2 Å². The maximum absolute atomic E-state index is 13.0. The number of rotatable bonds is 3. The van der Waals surface area contributed by atoms with Crippen molar-refractivity contribution < 1.29 is 22.4 Å². The van der Waals surface area contributed by atoms with E-state index in [9.17, 15) is 18.0 Å². The molecule has 2 aliphatic rings. The summed E-state index contributed by atoms with van der Waals surface area (Å²) in [6.07, 6.45) is -2.86. The number of aryl methyl sites for hydroxylation is 1. The molecular formula is C26H21ClF3N3O2S. The zero-order valence-electron chi connectivity index (χ0n) is 19.2. The number of amides is 1. The van der Waals surface area contributed by atoms with Crippen LogP contribution in [0.1, 0.15) is 16.9 Å². The second kappa shape index (κ2) is 9.71. The van der Waals surface area contributed by atoms with Gasteiger partial charge < -0.3 is 14.2 Å². The van der Waals surface area contributed by atoms with E-state index in [4.69, 9.17) is 16.0 Å². The minimum Gasteiger partial charge on any atom is -0.457 e. The first-order chi connectivity index (χ1) is 17.2. The van der Waals surface area contributed by atoms with Crippen LogP contribution in [0.25, 0.3) is 17.4 Å². The molecule has 5 rings (SSSR count). The number of carbonyl (C=O) groups excluding carboxylic acids is 1. The lowest BCUT2D eigenvalue weighted by molar-refractivity contribution is -0.137. The standard InChI is InChI=1S/C26H21ClF3N3O2S/c1-16-5-6-19(14-21(16)27)32-9-11-33(12-10-32)25-31-24(34)23(36-25)15-20-7-8-22(35-20)17-3-2-4-18(13-17)26(28,29)30/h2-8,13-15H,9-12H2,1H3/b23-15+. The van der Waals surface area contributed by atoms with Crippen LogP contribution >= 0.6 is 23.4 Å². The van der Waals surface area contributed by atoms with Crippen LogP contribution < -0.4 is 4.90 Å². The van der Waals surface area contributed by atoms with Gasteiger partial charge in [-0.3, -0.25) is 4.79 Å². The van der Waals surface area contributed by atoms with Gasteiger partial charge in [0.05, 0.1) is 10.5 Å². The minimum atomic E-state index is -4.44. The predicted octanol–water partition coefficient (Wildman–Crippen LogP) is 6.72. The first-order valence-electron chi connectivity index (χ1n) is 11.2. The van der Waals surface area contributed by atoms with Gasteiger partial charge in [-0.1, -0.05) is 29.8 Å². The molecule has 2 aliphatic heterocycles. The maximum Gasteiger partial charge on any atom is 0.416 e. The first kappa shape index (κ1) is 24.5. The van der Waals surface area contributed by atoms with Crippen molar-refractivity contribution in [2.45, 2.75) is 13.1 Å². The van der Waals surface area contributed by atoms with Crippen LogP contribution in [-0.2, 0) is 11.0 Å². The Morgan fingerprint density at radius 2 is 1.78 bits per heavy atom. The average molecular weight is 532 g/mol. The first-order valence-corrected chi connectivity index (χ1v) is 12.4. The molecule has 5 nitrogen and oxygen atoms in total. The van der Waals surface area contributed by atoms with Gasteiger partial charge in [0.15, 0.2) is 5.17 Å². The molecule has 0 aliphatic carbocycles. The third-order valence-corrected chi connectivity index (χ3v) is 7.51. The quantitative estimate of drug-likeness (QED) is 0.351. The molecule has 3 heterocycles. The highest BCUT2D eigenvalue weighted by atomic mass is 35.5. The van der Waals surface area contributed by atoms with E-state index < -0.39 is 11.7 Å². The number of benzene rings is 2. The molecule has 1 saturated heterocycles. The molecule has 0 atom stereocenters. The number of alkyl halides is 3. The average Bonchev–Trinajstić information content (AvgIpc) is 3.47. The van der Waals surface area contributed by atoms with Crippen LogP contribution in [0.5, 0.6) is 0 Å². The smallest absolute Gasteiger partial charge is 0.416 e. The Balaban J connectivity index is 1.24. The van der Waals surface area contributed by atoms with Crippen molar-refractivity contribution in [3.8, 4) is 11.3 Å². The Hall–Kier alpha value is -3.17. The van der Waals surface area contributed by atoms with E-state index in [0.29, 0.717) is 34.5 Å². The molecule has 0 bridgehead atoms. The van der Waals surface area contributed by atoms with Crippen molar-refractivity contribution in [1.82, 2.24) is 4.90 Å². The fourth-order valence-electron chi connectivity index (χ4n) is 4.03. The van der Waals surface area contributed by atoms with Crippen LogP contribution in [0.3, 0.4) is 0 Å². The summed E-state index contributed by atoms with van der Waals surface area (Å²) in [5, 5.41) is 1.37. The van der Waals surface area contributed by atoms with E-state index in [1.165, 1.54) is 17.8 Å². The molecule has 36 heavy (non-hydrogen) atoms. The Morgan fingerprint density at radius 3 is 2.50 bits per heavy atom. The molecule has 1 fully saturated rings. The second-order valence-corrected chi connectivity index (χ2v) is 9.91. The van der Waals surface area contributed by atoms with E-state index in [2.05, 4.69) is 20.9 Å². The van der Waals surface area contributed by atoms with Gasteiger partial charge in [-0.25, -0.2) is 0 Å². The van der Waals surface area contributed by atoms with E-state index in [-0.39, 0.29) is 11.7 Å². The summed E-state index contributed by atoms with van der Waals surface area (Å²) < 4.78 is 44.8. The van der Waals surface area contributed by atoms with E-state index in [0.717, 1.165) is 41.5 Å². The summed E-state index contributed by atoms with van der Waals surface area (Å²) in [5.41, 5.74) is 1.66. The summed E-state index contributed by atoms with van der Waals surface area (Å²) in [4.78, 5) is 21.5. The number of hydrogen-bond donors (Lipinski definition) is 0. The van der Waals surface area contributed by atoms with Crippen molar-refractivity contribution in [3.63, 3.8) is 0 Å². The highest BCUT2D eigenvalue weighted by molar-refractivity contribution is 8.18. The number of halogens is 4. The summed E-state index contributed by atoms with van der Waals surface area (Å²) in [6, 6.07) is 14.2. The zero-order chi connectivity index (χ0) is 25.4. The van der Waals surface area contributed by atoms with Crippen LogP contribution in [0.15, 0.2) is 68.9 Å². The number of aliphatic imine (C=N–C) groups is 1. The molecule has 186 valence electrons. The molecule has 1 amide bonds. The van der Waals surface area contributed by atoms with Gasteiger partial charge in [0.2, 0.25) is 0 Å². The summed E-state index contributed by atoms with van der Waals surface area (Å²) in [7, 11) is 0. The van der Waals surface area contributed by atoms with Gasteiger partial charge in [-0.15, -0.1) is 0 Å².